The molecule has 38 heavy (non-hydrogen) atoms. The normalized spacial score (nSPS) is 14.7. The molecule has 4 aromatic carbocycles. The summed E-state index contributed by atoms with van der Waals surface area (Å²) >= 11 is 0. The number of ether oxygens (including phenoxy) is 2. The number of nitriles is 1. The predicted octanol–water partition coefficient (Wildman–Crippen LogP) is 5.44. The third kappa shape index (κ3) is 5.86. The van der Waals surface area contributed by atoms with Crippen molar-refractivity contribution in [1.29, 1.82) is 5.26 Å². The van der Waals surface area contributed by atoms with Crippen molar-refractivity contribution in [3.63, 3.8) is 0 Å². The summed E-state index contributed by atoms with van der Waals surface area (Å²) in [6.07, 6.45) is -0.166. The SMILES string of the molecule is COc1cccc([C@@H](CN2CCN(C(=O)c3cccc4ccccc34)CC2)OCc2ccc(C#N)cc2)c1. The van der Waals surface area contributed by atoms with Gasteiger partial charge in [0, 0.05) is 38.3 Å². The molecule has 1 fully saturated rings. The molecule has 1 aliphatic heterocycles. The highest BCUT2D eigenvalue weighted by atomic mass is 16.5. The molecule has 0 radical (unpaired) electrons. The fourth-order valence-corrected chi connectivity index (χ4v) is 4.92. The molecule has 1 saturated heterocycles. The molecule has 0 aliphatic carbocycles. The Hall–Kier alpha value is -4.18. The van der Waals surface area contributed by atoms with E-state index in [1.807, 2.05) is 89.8 Å². The molecule has 4 aromatic rings. The first-order valence-corrected chi connectivity index (χ1v) is 12.9. The highest BCUT2D eigenvalue weighted by molar-refractivity contribution is 6.07. The van der Waals surface area contributed by atoms with E-state index in [2.05, 4.69) is 17.0 Å². The Morgan fingerprint density at radius 2 is 1.66 bits per heavy atom. The second-order valence-electron chi connectivity index (χ2n) is 9.50. The van der Waals surface area contributed by atoms with E-state index in [0.29, 0.717) is 31.8 Å². The number of benzene rings is 4. The maximum absolute atomic E-state index is 13.4. The number of amides is 1. The second kappa shape index (κ2) is 11.9. The Morgan fingerprint density at radius 1 is 0.921 bits per heavy atom. The lowest BCUT2D eigenvalue weighted by Gasteiger charge is -2.36. The molecule has 1 amide bonds. The van der Waals surface area contributed by atoms with Gasteiger partial charge in [-0.2, -0.15) is 5.26 Å². The second-order valence-corrected chi connectivity index (χ2v) is 9.50. The van der Waals surface area contributed by atoms with Gasteiger partial charge in [-0.1, -0.05) is 60.7 Å². The Bertz CT molecular complexity index is 1430. The molecule has 0 spiro atoms. The molecule has 1 atom stereocenters. The van der Waals surface area contributed by atoms with Crippen molar-refractivity contribution in [3.8, 4) is 11.8 Å². The van der Waals surface area contributed by atoms with Crippen molar-refractivity contribution in [1.82, 2.24) is 9.80 Å². The van der Waals surface area contributed by atoms with Crippen molar-refractivity contribution < 1.29 is 14.3 Å². The molecule has 1 heterocycles. The summed E-state index contributed by atoms with van der Waals surface area (Å²) in [7, 11) is 1.66. The number of carbonyl (C=O) groups excluding carboxylic acids is 1. The predicted molar refractivity (Wildman–Crippen MR) is 148 cm³/mol. The molecular formula is C32H31N3O3. The highest BCUT2D eigenvalue weighted by Gasteiger charge is 2.26. The summed E-state index contributed by atoms with van der Waals surface area (Å²) in [5, 5.41) is 11.1. The largest absolute Gasteiger partial charge is 0.497 e. The average Bonchev–Trinajstić information content (AvgIpc) is 2.99. The fourth-order valence-electron chi connectivity index (χ4n) is 4.92. The van der Waals surface area contributed by atoms with E-state index < -0.39 is 0 Å². The minimum atomic E-state index is -0.166. The number of hydrogen-bond acceptors (Lipinski definition) is 5. The van der Waals surface area contributed by atoms with Crippen LogP contribution in [0, 0.1) is 11.3 Å². The molecule has 192 valence electrons. The van der Waals surface area contributed by atoms with Crippen molar-refractivity contribution in [2.45, 2.75) is 12.7 Å². The Labute approximate surface area is 223 Å². The van der Waals surface area contributed by atoms with E-state index in [-0.39, 0.29) is 12.0 Å². The van der Waals surface area contributed by atoms with Crippen molar-refractivity contribution >= 4 is 16.7 Å². The van der Waals surface area contributed by atoms with Gasteiger partial charge in [0.15, 0.2) is 0 Å². The number of fused-ring (bicyclic) bond motifs is 1. The number of rotatable bonds is 8. The molecule has 0 N–H and O–H groups in total. The maximum atomic E-state index is 13.4. The van der Waals surface area contributed by atoms with Gasteiger partial charge in [0.05, 0.1) is 31.5 Å². The zero-order chi connectivity index (χ0) is 26.3. The Kier molecular flexibility index (Phi) is 7.98. The number of carbonyl (C=O) groups is 1. The molecule has 6 nitrogen and oxygen atoms in total. The van der Waals surface area contributed by atoms with Gasteiger partial charge in [-0.15, -0.1) is 0 Å². The standard InChI is InChI=1S/C32H31N3O3/c1-37-28-9-4-8-27(20-28)31(38-23-25-14-12-24(21-33)13-15-25)22-34-16-18-35(19-17-34)32(36)30-11-5-7-26-6-2-3-10-29(26)30/h2-15,20,31H,16-19,22-23H2,1H3/t31-/m1/s1. The summed E-state index contributed by atoms with van der Waals surface area (Å²) in [6.45, 7) is 4.03. The monoisotopic (exact) mass is 505 g/mol. The first kappa shape index (κ1) is 25.5. The minimum Gasteiger partial charge on any atom is -0.497 e. The molecule has 6 heteroatoms. The van der Waals surface area contributed by atoms with E-state index >= 15 is 0 Å². The van der Waals surface area contributed by atoms with Gasteiger partial charge in [-0.05, 0) is 52.2 Å². The number of nitrogens with zero attached hydrogens (tertiary/aromatic N) is 3. The van der Waals surface area contributed by atoms with Crippen LogP contribution in [-0.2, 0) is 11.3 Å². The number of methoxy groups -OCH3 is 1. The molecule has 0 saturated carbocycles. The van der Waals surface area contributed by atoms with E-state index in [9.17, 15) is 4.79 Å². The van der Waals surface area contributed by atoms with Crippen LogP contribution in [0.25, 0.3) is 10.8 Å². The van der Waals surface area contributed by atoms with Gasteiger partial charge in [0.1, 0.15) is 5.75 Å². The van der Waals surface area contributed by atoms with Crippen LogP contribution in [0.4, 0.5) is 0 Å². The van der Waals surface area contributed by atoms with E-state index in [1.165, 1.54) is 0 Å². The molecule has 0 aromatic heterocycles. The van der Waals surface area contributed by atoms with E-state index in [1.54, 1.807) is 7.11 Å². The topological polar surface area (TPSA) is 65.8 Å². The van der Waals surface area contributed by atoms with E-state index in [0.717, 1.165) is 46.3 Å². The number of hydrogen-bond donors (Lipinski definition) is 0. The van der Waals surface area contributed by atoms with Crippen LogP contribution in [0.1, 0.15) is 33.2 Å². The first-order valence-electron chi connectivity index (χ1n) is 12.9. The van der Waals surface area contributed by atoms with Gasteiger partial charge in [-0.25, -0.2) is 0 Å². The average molecular weight is 506 g/mol. The van der Waals surface area contributed by atoms with Crippen LogP contribution in [0.2, 0.25) is 0 Å². The summed E-state index contributed by atoms with van der Waals surface area (Å²) < 4.78 is 11.9. The van der Waals surface area contributed by atoms with Gasteiger partial charge in [-0.3, -0.25) is 9.69 Å². The first-order chi connectivity index (χ1) is 18.6. The van der Waals surface area contributed by atoms with Gasteiger partial charge in [0.25, 0.3) is 5.91 Å². The molecule has 0 unspecified atom stereocenters. The lowest BCUT2D eigenvalue weighted by atomic mass is 10.0. The van der Waals surface area contributed by atoms with Crippen LogP contribution in [-0.4, -0.2) is 55.5 Å². The van der Waals surface area contributed by atoms with Crippen LogP contribution in [0.15, 0.2) is 91.0 Å². The zero-order valence-electron chi connectivity index (χ0n) is 21.5. The summed E-state index contributed by atoms with van der Waals surface area (Å²) in [5.41, 5.74) is 3.46. The lowest BCUT2D eigenvalue weighted by molar-refractivity contribution is 0.00335. The van der Waals surface area contributed by atoms with Crippen molar-refractivity contribution in [2.75, 3.05) is 39.8 Å². The molecular weight excluding hydrogens is 474 g/mol. The van der Waals surface area contributed by atoms with Crippen LogP contribution in [0.3, 0.4) is 0 Å². The summed E-state index contributed by atoms with van der Waals surface area (Å²) in [6, 6.07) is 31.6. The molecule has 1 aliphatic rings. The maximum Gasteiger partial charge on any atom is 0.254 e. The Morgan fingerprint density at radius 3 is 2.42 bits per heavy atom. The third-order valence-corrected chi connectivity index (χ3v) is 7.10. The lowest BCUT2D eigenvalue weighted by Crippen LogP contribution is -2.49. The van der Waals surface area contributed by atoms with Gasteiger partial charge < -0.3 is 14.4 Å². The zero-order valence-corrected chi connectivity index (χ0v) is 21.5. The quantitative estimate of drug-likeness (QED) is 0.319. The van der Waals surface area contributed by atoms with Crippen molar-refractivity contribution in [2.24, 2.45) is 0 Å². The third-order valence-electron chi connectivity index (χ3n) is 7.10. The van der Waals surface area contributed by atoms with Crippen LogP contribution in [0.5, 0.6) is 5.75 Å². The van der Waals surface area contributed by atoms with Gasteiger partial charge >= 0.3 is 0 Å². The fraction of sp³-hybridized carbons (Fsp3) is 0.250. The summed E-state index contributed by atoms with van der Waals surface area (Å²) in [4.78, 5) is 17.7. The summed E-state index contributed by atoms with van der Waals surface area (Å²) in [5.74, 6) is 0.878. The highest BCUT2D eigenvalue weighted by Crippen LogP contribution is 2.26. The number of piperazine rings is 1. The Balaban J connectivity index is 1.25. The van der Waals surface area contributed by atoms with Crippen LogP contribution < -0.4 is 4.74 Å². The van der Waals surface area contributed by atoms with Crippen molar-refractivity contribution in [3.05, 3.63) is 113 Å². The van der Waals surface area contributed by atoms with Crippen LogP contribution >= 0.6 is 0 Å². The van der Waals surface area contributed by atoms with Gasteiger partial charge in [0.2, 0.25) is 0 Å². The molecule has 5 rings (SSSR count). The minimum absolute atomic E-state index is 0.0860. The smallest absolute Gasteiger partial charge is 0.254 e. The van der Waals surface area contributed by atoms with E-state index in [4.69, 9.17) is 14.7 Å². The molecule has 0 bridgehead atoms.